The number of nitrogens with zero attached hydrogens (tertiary/aromatic N) is 1. The number of carbonyl (C=O) groups excluding carboxylic acids is 3. The van der Waals surface area contributed by atoms with Crippen LogP contribution in [0.25, 0.3) is 0 Å². The van der Waals surface area contributed by atoms with E-state index >= 15 is 0 Å². The van der Waals surface area contributed by atoms with Gasteiger partial charge >= 0.3 is 0 Å². The Morgan fingerprint density at radius 1 is 0.968 bits per heavy atom. The lowest BCUT2D eigenvalue weighted by Crippen LogP contribution is -2.43. The molecule has 1 heterocycles. The molecule has 0 saturated carbocycles. The van der Waals surface area contributed by atoms with E-state index in [9.17, 15) is 14.4 Å². The van der Waals surface area contributed by atoms with Crippen LogP contribution in [0.1, 0.15) is 49.0 Å². The molecule has 1 aliphatic rings. The van der Waals surface area contributed by atoms with Gasteiger partial charge in [-0.1, -0.05) is 31.5 Å². The maximum absolute atomic E-state index is 12.8. The third-order valence-electron chi connectivity index (χ3n) is 5.41. The number of hydrogen-bond donors (Lipinski definition) is 2. The monoisotopic (exact) mass is 421 g/mol. The summed E-state index contributed by atoms with van der Waals surface area (Å²) in [6, 6.07) is 14.6. The van der Waals surface area contributed by atoms with Crippen molar-refractivity contribution in [2.75, 3.05) is 23.7 Å². The zero-order valence-electron chi connectivity index (χ0n) is 18.5. The number of aryl methyl sites for hydroxylation is 1. The van der Waals surface area contributed by atoms with E-state index in [1.165, 1.54) is 0 Å². The van der Waals surface area contributed by atoms with Crippen molar-refractivity contribution in [3.8, 4) is 0 Å². The Morgan fingerprint density at radius 3 is 2.19 bits per heavy atom. The van der Waals surface area contributed by atoms with E-state index in [1.807, 2.05) is 45.0 Å². The van der Waals surface area contributed by atoms with Crippen molar-refractivity contribution in [2.45, 2.75) is 40.0 Å². The third-order valence-corrected chi connectivity index (χ3v) is 5.41. The van der Waals surface area contributed by atoms with Gasteiger partial charge < -0.3 is 15.5 Å². The third kappa shape index (κ3) is 6.41. The number of anilines is 2. The fraction of sp³-hybridized carbons (Fsp3) is 0.400. The first-order chi connectivity index (χ1) is 14.8. The Bertz CT molecular complexity index is 920. The normalized spacial score (nSPS) is 16.1. The van der Waals surface area contributed by atoms with Gasteiger partial charge in [-0.25, -0.2) is 0 Å². The van der Waals surface area contributed by atoms with Crippen LogP contribution in [0.3, 0.4) is 0 Å². The van der Waals surface area contributed by atoms with Crippen LogP contribution in [0, 0.1) is 18.8 Å². The molecule has 164 valence electrons. The number of piperidine rings is 1. The van der Waals surface area contributed by atoms with E-state index < -0.39 is 0 Å². The minimum Gasteiger partial charge on any atom is -0.338 e. The molecule has 3 amide bonds. The summed E-state index contributed by atoms with van der Waals surface area (Å²) in [5.74, 6) is -0.0793. The van der Waals surface area contributed by atoms with Crippen LogP contribution in [-0.2, 0) is 9.59 Å². The van der Waals surface area contributed by atoms with Crippen LogP contribution in [0.4, 0.5) is 11.4 Å². The molecule has 6 nitrogen and oxygen atoms in total. The molecular weight excluding hydrogens is 390 g/mol. The van der Waals surface area contributed by atoms with Gasteiger partial charge in [-0.05, 0) is 62.1 Å². The highest BCUT2D eigenvalue weighted by atomic mass is 16.2. The maximum atomic E-state index is 12.8. The number of rotatable bonds is 6. The second kappa shape index (κ2) is 10.2. The van der Waals surface area contributed by atoms with Crippen LogP contribution in [0.15, 0.2) is 48.5 Å². The van der Waals surface area contributed by atoms with Gasteiger partial charge in [0.15, 0.2) is 0 Å². The molecule has 0 bridgehead atoms. The van der Waals surface area contributed by atoms with E-state index in [0.29, 0.717) is 42.4 Å². The summed E-state index contributed by atoms with van der Waals surface area (Å²) in [5, 5.41) is 5.80. The Morgan fingerprint density at radius 2 is 1.58 bits per heavy atom. The van der Waals surface area contributed by atoms with Gasteiger partial charge in [0.25, 0.3) is 5.91 Å². The molecule has 3 rings (SSSR count). The zero-order valence-corrected chi connectivity index (χ0v) is 18.5. The average molecular weight is 422 g/mol. The van der Waals surface area contributed by atoms with Gasteiger partial charge in [0.2, 0.25) is 11.8 Å². The summed E-state index contributed by atoms with van der Waals surface area (Å²) in [5.41, 5.74) is 3.14. The predicted octanol–water partition coefficient (Wildman–Crippen LogP) is 4.47. The number of hydrogen-bond acceptors (Lipinski definition) is 3. The minimum absolute atomic E-state index is 0.0210. The van der Waals surface area contributed by atoms with E-state index in [0.717, 1.165) is 18.4 Å². The van der Waals surface area contributed by atoms with Crippen LogP contribution in [-0.4, -0.2) is 35.7 Å². The molecule has 0 aromatic heterocycles. The Labute approximate surface area is 184 Å². The molecule has 6 heteroatoms. The average Bonchev–Trinajstić information content (AvgIpc) is 2.74. The zero-order chi connectivity index (χ0) is 22.4. The van der Waals surface area contributed by atoms with E-state index in [-0.39, 0.29) is 23.6 Å². The van der Waals surface area contributed by atoms with Crippen molar-refractivity contribution in [1.82, 2.24) is 4.90 Å². The lowest BCUT2D eigenvalue weighted by atomic mass is 9.96. The largest absolute Gasteiger partial charge is 0.338 e. The smallest absolute Gasteiger partial charge is 0.253 e. The summed E-state index contributed by atoms with van der Waals surface area (Å²) in [7, 11) is 0. The number of nitrogens with one attached hydrogen (secondary N) is 2. The summed E-state index contributed by atoms with van der Waals surface area (Å²) in [4.78, 5) is 39.2. The topological polar surface area (TPSA) is 78.5 Å². The molecule has 0 radical (unpaired) electrons. The van der Waals surface area contributed by atoms with Crippen molar-refractivity contribution in [3.05, 3.63) is 59.7 Å². The molecule has 0 aliphatic carbocycles. The molecule has 1 fully saturated rings. The summed E-state index contributed by atoms with van der Waals surface area (Å²) in [6.45, 7) is 7.07. The lowest BCUT2D eigenvalue weighted by Gasteiger charge is -2.32. The second-order valence-corrected chi connectivity index (χ2v) is 8.67. The van der Waals surface area contributed by atoms with Gasteiger partial charge in [-0.15, -0.1) is 0 Å². The Kier molecular flexibility index (Phi) is 7.45. The van der Waals surface area contributed by atoms with E-state index in [2.05, 4.69) is 10.6 Å². The van der Waals surface area contributed by atoms with Gasteiger partial charge in [-0.2, -0.15) is 0 Å². The minimum atomic E-state index is -0.242. The van der Waals surface area contributed by atoms with Gasteiger partial charge in [0.05, 0.1) is 5.92 Å². The van der Waals surface area contributed by atoms with Crippen LogP contribution >= 0.6 is 0 Å². The highest BCUT2D eigenvalue weighted by molar-refractivity contribution is 5.96. The van der Waals surface area contributed by atoms with Crippen molar-refractivity contribution < 1.29 is 14.4 Å². The van der Waals surface area contributed by atoms with Crippen LogP contribution < -0.4 is 10.6 Å². The predicted molar refractivity (Wildman–Crippen MR) is 123 cm³/mol. The maximum Gasteiger partial charge on any atom is 0.253 e. The van der Waals surface area contributed by atoms with Gasteiger partial charge in [-0.3, -0.25) is 14.4 Å². The van der Waals surface area contributed by atoms with Crippen molar-refractivity contribution in [2.24, 2.45) is 11.8 Å². The molecule has 1 aliphatic heterocycles. The van der Waals surface area contributed by atoms with Crippen LogP contribution in [0.2, 0.25) is 0 Å². The van der Waals surface area contributed by atoms with Gasteiger partial charge in [0, 0.05) is 36.4 Å². The first-order valence-corrected chi connectivity index (χ1v) is 10.9. The Hall–Kier alpha value is -3.15. The number of amides is 3. The van der Waals surface area contributed by atoms with E-state index in [4.69, 9.17) is 0 Å². The molecular formula is C25H31N3O3. The van der Waals surface area contributed by atoms with Crippen molar-refractivity contribution >= 4 is 29.1 Å². The molecule has 2 aromatic carbocycles. The fourth-order valence-corrected chi connectivity index (χ4v) is 3.72. The molecule has 1 saturated heterocycles. The van der Waals surface area contributed by atoms with Crippen molar-refractivity contribution in [1.29, 1.82) is 0 Å². The standard InChI is InChI=1S/C25H31N3O3/c1-17(2)15-23(29)26-21-10-12-22(13-11-21)27-24(30)20-5-4-14-28(16-20)25(31)19-8-6-18(3)7-9-19/h6-13,17,20H,4-5,14-16H2,1-3H3,(H,26,29)(H,27,30). The molecule has 2 aromatic rings. The summed E-state index contributed by atoms with van der Waals surface area (Å²) >= 11 is 0. The number of carbonyl (C=O) groups is 3. The second-order valence-electron chi connectivity index (χ2n) is 8.67. The molecule has 31 heavy (non-hydrogen) atoms. The quantitative estimate of drug-likeness (QED) is 0.722. The Balaban J connectivity index is 1.55. The first-order valence-electron chi connectivity index (χ1n) is 10.9. The molecule has 0 spiro atoms. The summed E-state index contributed by atoms with van der Waals surface area (Å²) in [6.07, 6.45) is 2.03. The highest BCUT2D eigenvalue weighted by Crippen LogP contribution is 2.22. The highest BCUT2D eigenvalue weighted by Gasteiger charge is 2.29. The number of benzene rings is 2. The van der Waals surface area contributed by atoms with E-state index in [1.54, 1.807) is 29.2 Å². The molecule has 2 N–H and O–H groups in total. The molecule has 1 atom stereocenters. The fourth-order valence-electron chi connectivity index (χ4n) is 3.72. The van der Waals surface area contributed by atoms with Crippen molar-refractivity contribution in [3.63, 3.8) is 0 Å². The molecule has 1 unspecified atom stereocenters. The van der Waals surface area contributed by atoms with Gasteiger partial charge in [0.1, 0.15) is 0 Å². The summed E-state index contributed by atoms with van der Waals surface area (Å²) < 4.78 is 0. The first kappa shape index (κ1) is 22.5. The van der Waals surface area contributed by atoms with Crippen LogP contribution in [0.5, 0.6) is 0 Å². The SMILES string of the molecule is Cc1ccc(C(=O)N2CCCC(C(=O)Nc3ccc(NC(=O)CC(C)C)cc3)C2)cc1. The lowest BCUT2D eigenvalue weighted by molar-refractivity contribution is -0.121. The number of likely N-dealkylation sites (tertiary alicyclic amines) is 1.